The highest BCUT2D eigenvalue weighted by Gasteiger charge is 2.46. The van der Waals surface area contributed by atoms with E-state index in [0.717, 1.165) is 16.7 Å². The highest BCUT2D eigenvalue weighted by molar-refractivity contribution is 5.93. The molecule has 0 aliphatic rings. The number of hydroxylamine groups is 2. The fourth-order valence-electron chi connectivity index (χ4n) is 4.07. The van der Waals surface area contributed by atoms with Gasteiger partial charge in [-0.2, -0.15) is 5.06 Å². The first-order valence-electron chi connectivity index (χ1n) is 15.3. The molecule has 0 bridgehead atoms. The van der Waals surface area contributed by atoms with E-state index < -0.39 is 35.7 Å². The number of aromatic nitrogens is 1. The van der Waals surface area contributed by atoms with E-state index in [9.17, 15) is 34.9 Å². The monoisotopic (exact) mass is 670 g/mol. The van der Waals surface area contributed by atoms with Crippen molar-refractivity contribution in [1.82, 2.24) is 20.3 Å². The smallest absolute Gasteiger partial charge is 0.280 e. The molecule has 1 rings (SSSR count). The minimum absolute atomic E-state index is 0.0497. The van der Waals surface area contributed by atoms with Gasteiger partial charge in [-0.05, 0) is 33.3 Å². The molecule has 13 nitrogen and oxygen atoms in total. The average Bonchev–Trinajstić information content (AvgIpc) is 3.49. The number of aliphatic hydroxyl groups excluding tert-OH is 2. The quantitative estimate of drug-likeness (QED) is 0.0482. The standard InChI is InChI=1S/C35H50N4O9/c1-26(19-15-12-13-16-20-29-23-37-28(3)48-29)31(42)34(4,5)32(43)36-22-18-14-10-8-9-11-17-21-30(41)39(46)35(45,25-40)33(44)38(6)24-27(2)47-7/h8-19,21,23,27,31,40,42,45-46H,20,22,24-25H2,1-7H3,(H,36,43)/b10-8+,11-9+,15-12-,16-13+,18-14-,21-17+,26-19-. The molecular weight excluding hydrogens is 620 g/mol. The number of nitrogens with zero attached hydrogens (tertiary/aromatic N) is 3. The molecule has 3 unspecified atom stereocenters. The predicted octanol–water partition coefficient (Wildman–Crippen LogP) is 2.70. The normalized spacial score (nSPS) is 15.7. The lowest BCUT2D eigenvalue weighted by atomic mass is 9.81. The van der Waals surface area contributed by atoms with Crippen LogP contribution in [0.3, 0.4) is 0 Å². The second-order valence-corrected chi connectivity index (χ2v) is 11.5. The summed E-state index contributed by atoms with van der Waals surface area (Å²) in [7, 11) is 2.77. The van der Waals surface area contributed by atoms with Gasteiger partial charge in [0.1, 0.15) is 12.4 Å². The molecule has 0 aliphatic carbocycles. The van der Waals surface area contributed by atoms with Crippen LogP contribution in [-0.4, -0.2) is 105 Å². The minimum atomic E-state index is -2.87. The van der Waals surface area contributed by atoms with Crippen LogP contribution in [0.1, 0.15) is 39.3 Å². The second-order valence-electron chi connectivity index (χ2n) is 11.5. The molecule has 0 aromatic carbocycles. The molecule has 1 aromatic rings. The molecular formula is C35H50N4O9. The number of rotatable bonds is 19. The molecule has 0 aliphatic heterocycles. The van der Waals surface area contributed by atoms with Crippen molar-refractivity contribution >= 4 is 17.7 Å². The van der Waals surface area contributed by atoms with E-state index in [0.29, 0.717) is 17.9 Å². The number of allylic oxidation sites excluding steroid dienone is 11. The lowest BCUT2D eigenvalue weighted by Crippen LogP contribution is -2.62. The first-order valence-corrected chi connectivity index (χ1v) is 15.3. The molecule has 13 heteroatoms. The number of carbonyl (C=O) groups is 3. The highest BCUT2D eigenvalue weighted by Crippen LogP contribution is 2.26. The second kappa shape index (κ2) is 20.8. The maximum absolute atomic E-state index is 12.8. The number of hydrogen-bond donors (Lipinski definition) is 5. The fourth-order valence-corrected chi connectivity index (χ4v) is 4.07. The summed E-state index contributed by atoms with van der Waals surface area (Å²) in [5.74, 6) is -1.14. The van der Waals surface area contributed by atoms with Crippen molar-refractivity contribution in [2.75, 3.05) is 33.9 Å². The van der Waals surface area contributed by atoms with Crippen LogP contribution >= 0.6 is 0 Å². The molecule has 1 aromatic heterocycles. The lowest BCUT2D eigenvalue weighted by Gasteiger charge is -2.35. The Morgan fingerprint density at radius 1 is 1.06 bits per heavy atom. The van der Waals surface area contributed by atoms with Gasteiger partial charge in [0.2, 0.25) is 5.91 Å². The van der Waals surface area contributed by atoms with Crippen molar-refractivity contribution in [2.45, 2.75) is 59.0 Å². The van der Waals surface area contributed by atoms with E-state index in [1.165, 1.54) is 26.3 Å². The van der Waals surface area contributed by atoms with Crippen LogP contribution in [0, 0.1) is 12.3 Å². The summed E-state index contributed by atoms with van der Waals surface area (Å²) in [4.78, 5) is 42.7. The van der Waals surface area contributed by atoms with Gasteiger partial charge in [-0.1, -0.05) is 72.9 Å². The van der Waals surface area contributed by atoms with E-state index in [1.54, 1.807) is 83.3 Å². The van der Waals surface area contributed by atoms with Crippen LogP contribution in [0.4, 0.5) is 0 Å². The molecule has 3 atom stereocenters. The zero-order chi connectivity index (χ0) is 36.3. The number of hydrogen-bond acceptors (Lipinski definition) is 10. The Morgan fingerprint density at radius 3 is 2.27 bits per heavy atom. The number of aliphatic hydroxyl groups is 3. The Morgan fingerprint density at radius 2 is 1.67 bits per heavy atom. The third-order valence-electron chi connectivity index (χ3n) is 7.12. The van der Waals surface area contributed by atoms with Crippen molar-refractivity contribution in [3.05, 3.63) is 102 Å². The van der Waals surface area contributed by atoms with Crippen LogP contribution in [0.15, 0.2) is 95.2 Å². The predicted molar refractivity (Wildman–Crippen MR) is 181 cm³/mol. The van der Waals surface area contributed by atoms with Crippen LogP contribution in [-0.2, 0) is 25.5 Å². The van der Waals surface area contributed by atoms with Crippen molar-refractivity contribution in [2.24, 2.45) is 5.41 Å². The summed E-state index contributed by atoms with van der Waals surface area (Å²) in [6.45, 7) is 7.61. The number of likely N-dealkylation sites (N-methyl/N-ethyl adjacent to an activating group) is 1. The number of methoxy groups -OCH3 is 1. The van der Waals surface area contributed by atoms with Gasteiger partial charge in [-0.15, -0.1) is 0 Å². The molecule has 0 spiro atoms. The molecule has 1 heterocycles. The Bertz CT molecular complexity index is 1400. The molecule has 0 saturated heterocycles. The van der Waals surface area contributed by atoms with E-state index in [-0.39, 0.29) is 30.2 Å². The summed E-state index contributed by atoms with van der Waals surface area (Å²) >= 11 is 0. The average molecular weight is 671 g/mol. The van der Waals surface area contributed by atoms with Crippen molar-refractivity contribution in [3.8, 4) is 0 Å². The van der Waals surface area contributed by atoms with E-state index in [2.05, 4.69) is 10.3 Å². The summed E-state index contributed by atoms with van der Waals surface area (Å²) in [6.07, 6.45) is 22.0. The maximum Gasteiger partial charge on any atom is 0.280 e. The van der Waals surface area contributed by atoms with Crippen molar-refractivity contribution in [3.63, 3.8) is 0 Å². The molecule has 5 N–H and O–H groups in total. The Hall–Kier alpha value is -4.40. The molecule has 0 saturated carbocycles. The Balaban J connectivity index is 2.54. The molecule has 48 heavy (non-hydrogen) atoms. The molecule has 3 amide bonds. The van der Waals surface area contributed by atoms with Gasteiger partial charge >= 0.3 is 0 Å². The summed E-state index contributed by atoms with van der Waals surface area (Å²) < 4.78 is 10.5. The highest BCUT2D eigenvalue weighted by atomic mass is 16.6. The largest absolute Gasteiger partial charge is 0.446 e. The number of oxazole rings is 1. The van der Waals surface area contributed by atoms with Gasteiger partial charge in [0.15, 0.2) is 5.89 Å². The SMILES string of the molecule is COC(C)CN(C)C(=O)C(O)(CO)N(O)C(=O)/C=C/C=C/C=C/C=C\CNC(=O)C(C)(C)C(O)\C(C)=C/C=C\C=C\Cc1cnc(C)o1. The van der Waals surface area contributed by atoms with E-state index >= 15 is 0 Å². The van der Waals surface area contributed by atoms with Crippen molar-refractivity contribution in [1.29, 1.82) is 0 Å². The summed E-state index contributed by atoms with van der Waals surface area (Å²) in [6, 6.07) is 0. The Kier molecular flexibility index (Phi) is 18.0. The molecule has 264 valence electrons. The van der Waals surface area contributed by atoms with Gasteiger partial charge in [0.25, 0.3) is 17.5 Å². The van der Waals surface area contributed by atoms with E-state index in [1.807, 2.05) is 18.2 Å². The number of ether oxygens (including phenoxy) is 1. The number of amides is 3. The number of carbonyl (C=O) groups excluding carboxylic acids is 3. The lowest BCUT2D eigenvalue weighted by molar-refractivity contribution is -0.255. The zero-order valence-electron chi connectivity index (χ0n) is 28.7. The minimum Gasteiger partial charge on any atom is -0.446 e. The van der Waals surface area contributed by atoms with E-state index in [4.69, 9.17) is 9.15 Å². The summed E-state index contributed by atoms with van der Waals surface area (Å²) in [5, 5.41) is 43.5. The Labute approximate surface area is 282 Å². The van der Waals surface area contributed by atoms with Gasteiger partial charge in [0, 0.05) is 46.7 Å². The summed E-state index contributed by atoms with van der Waals surface area (Å²) in [5.41, 5.74) is -3.31. The molecule has 0 fully saturated rings. The zero-order valence-corrected chi connectivity index (χ0v) is 28.7. The van der Waals surface area contributed by atoms with Crippen molar-refractivity contribution < 1.29 is 44.1 Å². The van der Waals surface area contributed by atoms with Gasteiger partial charge in [0.05, 0.1) is 23.8 Å². The third-order valence-corrected chi connectivity index (χ3v) is 7.12. The number of aryl methyl sites for hydroxylation is 1. The van der Waals surface area contributed by atoms with Gasteiger partial charge in [-0.25, -0.2) is 4.98 Å². The van der Waals surface area contributed by atoms with Crippen LogP contribution in [0.2, 0.25) is 0 Å². The first kappa shape index (κ1) is 41.6. The first-order chi connectivity index (χ1) is 22.6. The third kappa shape index (κ3) is 13.4. The van der Waals surface area contributed by atoms with Gasteiger partial charge < -0.3 is 34.7 Å². The topological polar surface area (TPSA) is 186 Å². The number of nitrogens with one attached hydrogen (secondary N) is 1. The van der Waals surface area contributed by atoms with Crippen LogP contribution in [0.25, 0.3) is 0 Å². The maximum atomic E-state index is 12.8. The van der Waals surface area contributed by atoms with Crippen LogP contribution < -0.4 is 5.32 Å². The van der Waals surface area contributed by atoms with Gasteiger partial charge in [-0.3, -0.25) is 19.6 Å². The molecule has 0 radical (unpaired) electrons. The fraction of sp³-hybridized carbons (Fsp3) is 0.429. The van der Waals surface area contributed by atoms with Crippen LogP contribution in [0.5, 0.6) is 0 Å².